The van der Waals surface area contributed by atoms with E-state index in [0.29, 0.717) is 12.2 Å². The van der Waals surface area contributed by atoms with Crippen LogP contribution in [0.4, 0.5) is 0 Å². The van der Waals surface area contributed by atoms with Crippen LogP contribution in [-0.2, 0) is 9.53 Å². The van der Waals surface area contributed by atoms with Gasteiger partial charge in [0.25, 0.3) is 0 Å². The lowest BCUT2D eigenvalue weighted by molar-refractivity contribution is -0.138. The number of carbonyl (C=O) groups excluding carboxylic acids is 1. The molecule has 1 atom stereocenters. The molecule has 4 heteroatoms. The average molecular weight is 192 g/mol. The zero-order valence-electron chi connectivity index (χ0n) is 7.90. The Morgan fingerprint density at radius 1 is 1.64 bits per heavy atom. The van der Waals surface area contributed by atoms with Gasteiger partial charge in [-0.15, -0.1) is 0 Å². The Labute approximate surface area is 82.7 Å². The molecule has 0 bridgehead atoms. The van der Waals surface area contributed by atoms with Crippen LogP contribution in [0, 0.1) is 11.3 Å². The largest absolute Gasteiger partial charge is 0.460 e. The molecule has 0 aromatic rings. The second kappa shape index (κ2) is 3.70. The van der Waals surface area contributed by atoms with Gasteiger partial charge in [0, 0.05) is 19.4 Å². The van der Waals surface area contributed by atoms with Crippen LogP contribution in [0.1, 0.15) is 25.7 Å². The SMILES string of the molecule is N#CC1=CCC[C@H](N2CCCC2=O)O1. The van der Waals surface area contributed by atoms with E-state index in [2.05, 4.69) is 0 Å². The third-order valence-corrected chi connectivity index (χ3v) is 2.57. The van der Waals surface area contributed by atoms with Crippen LogP contribution in [0.5, 0.6) is 0 Å². The number of carbonyl (C=O) groups is 1. The van der Waals surface area contributed by atoms with E-state index < -0.39 is 0 Å². The quantitative estimate of drug-likeness (QED) is 0.626. The van der Waals surface area contributed by atoms with Crippen molar-refractivity contribution in [3.05, 3.63) is 11.8 Å². The van der Waals surface area contributed by atoms with E-state index in [1.54, 1.807) is 11.0 Å². The first-order valence-corrected chi connectivity index (χ1v) is 4.87. The minimum Gasteiger partial charge on any atom is -0.460 e. The third kappa shape index (κ3) is 1.58. The van der Waals surface area contributed by atoms with Crippen molar-refractivity contribution in [3.8, 4) is 6.07 Å². The van der Waals surface area contributed by atoms with Gasteiger partial charge in [0.05, 0.1) is 0 Å². The third-order valence-electron chi connectivity index (χ3n) is 2.57. The van der Waals surface area contributed by atoms with E-state index >= 15 is 0 Å². The van der Waals surface area contributed by atoms with Gasteiger partial charge in [0.2, 0.25) is 5.91 Å². The molecule has 0 aromatic heterocycles. The maximum Gasteiger partial charge on any atom is 0.225 e. The summed E-state index contributed by atoms with van der Waals surface area (Å²) in [6.07, 6.45) is 4.71. The minimum absolute atomic E-state index is 0.147. The second-order valence-electron chi connectivity index (χ2n) is 3.52. The highest BCUT2D eigenvalue weighted by atomic mass is 16.5. The number of hydrogen-bond acceptors (Lipinski definition) is 3. The van der Waals surface area contributed by atoms with Crippen molar-refractivity contribution in [1.29, 1.82) is 5.26 Å². The molecule has 1 fully saturated rings. The fraction of sp³-hybridized carbons (Fsp3) is 0.600. The summed E-state index contributed by atoms with van der Waals surface area (Å²) in [5.41, 5.74) is 0. The molecule has 2 heterocycles. The minimum atomic E-state index is -0.204. The number of nitrogens with zero attached hydrogens (tertiary/aromatic N) is 2. The molecule has 1 amide bonds. The predicted octanol–water partition coefficient (Wildman–Crippen LogP) is 1.15. The van der Waals surface area contributed by atoms with Gasteiger partial charge in [-0.25, -0.2) is 0 Å². The van der Waals surface area contributed by atoms with E-state index in [1.165, 1.54) is 0 Å². The van der Waals surface area contributed by atoms with Crippen LogP contribution in [-0.4, -0.2) is 23.6 Å². The van der Waals surface area contributed by atoms with Crippen molar-refractivity contribution in [2.24, 2.45) is 0 Å². The van der Waals surface area contributed by atoms with E-state index in [4.69, 9.17) is 10.00 Å². The first kappa shape index (κ1) is 9.07. The van der Waals surface area contributed by atoms with Crippen LogP contribution in [0.25, 0.3) is 0 Å². The van der Waals surface area contributed by atoms with Crippen molar-refractivity contribution >= 4 is 5.91 Å². The summed E-state index contributed by atoms with van der Waals surface area (Å²) in [4.78, 5) is 13.2. The number of ether oxygens (including phenoxy) is 1. The highest BCUT2D eigenvalue weighted by Gasteiger charge is 2.30. The maximum atomic E-state index is 11.4. The molecule has 0 radical (unpaired) electrons. The molecule has 0 spiro atoms. The highest BCUT2D eigenvalue weighted by Crippen LogP contribution is 2.23. The van der Waals surface area contributed by atoms with Crippen LogP contribution < -0.4 is 0 Å². The molecular weight excluding hydrogens is 180 g/mol. The number of likely N-dealkylation sites (tertiary alicyclic amines) is 1. The Morgan fingerprint density at radius 3 is 3.14 bits per heavy atom. The van der Waals surface area contributed by atoms with Crippen molar-refractivity contribution in [3.63, 3.8) is 0 Å². The lowest BCUT2D eigenvalue weighted by Gasteiger charge is -2.29. The van der Waals surface area contributed by atoms with Gasteiger partial charge in [-0.3, -0.25) is 4.79 Å². The van der Waals surface area contributed by atoms with Gasteiger partial charge in [0.15, 0.2) is 12.0 Å². The normalized spacial score (nSPS) is 26.8. The van der Waals surface area contributed by atoms with Gasteiger partial charge in [-0.05, 0) is 18.9 Å². The molecule has 1 saturated heterocycles. The lowest BCUT2D eigenvalue weighted by Crippen LogP contribution is -2.39. The summed E-state index contributed by atoms with van der Waals surface area (Å²) in [5, 5.41) is 8.67. The number of allylic oxidation sites excluding steroid dienone is 2. The van der Waals surface area contributed by atoms with Crippen LogP contribution >= 0.6 is 0 Å². The fourth-order valence-electron chi connectivity index (χ4n) is 1.88. The first-order valence-electron chi connectivity index (χ1n) is 4.87. The first-order chi connectivity index (χ1) is 6.81. The summed E-state index contributed by atoms with van der Waals surface area (Å²) < 4.78 is 5.40. The maximum absolute atomic E-state index is 11.4. The van der Waals surface area contributed by atoms with Crippen molar-refractivity contribution in [1.82, 2.24) is 4.90 Å². The summed E-state index contributed by atoms with van der Waals surface area (Å²) in [5.74, 6) is 0.495. The van der Waals surface area contributed by atoms with E-state index in [0.717, 1.165) is 25.8 Å². The number of hydrogen-bond donors (Lipinski definition) is 0. The molecule has 2 aliphatic heterocycles. The molecule has 0 aromatic carbocycles. The molecule has 14 heavy (non-hydrogen) atoms. The number of amides is 1. The van der Waals surface area contributed by atoms with Gasteiger partial charge in [0.1, 0.15) is 6.07 Å². The van der Waals surface area contributed by atoms with Crippen molar-refractivity contribution < 1.29 is 9.53 Å². The molecule has 0 N–H and O–H groups in total. The standard InChI is InChI=1S/C10H12N2O2/c11-7-8-3-1-5-10(14-8)12-6-2-4-9(12)13/h3,10H,1-2,4-6H2/t10-/m1/s1. The van der Waals surface area contributed by atoms with E-state index in [1.807, 2.05) is 6.07 Å². The monoisotopic (exact) mass is 192 g/mol. The van der Waals surface area contributed by atoms with Crippen molar-refractivity contribution in [2.75, 3.05) is 6.54 Å². The molecule has 2 rings (SSSR count). The highest BCUT2D eigenvalue weighted by molar-refractivity contribution is 5.78. The van der Waals surface area contributed by atoms with Crippen LogP contribution in [0.15, 0.2) is 11.8 Å². The zero-order chi connectivity index (χ0) is 9.97. The summed E-state index contributed by atoms with van der Waals surface area (Å²) in [6, 6.07) is 1.97. The topological polar surface area (TPSA) is 53.3 Å². The Balaban J connectivity index is 2.03. The summed E-state index contributed by atoms with van der Waals surface area (Å²) >= 11 is 0. The molecule has 0 unspecified atom stereocenters. The predicted molar refractivity (Wildman–Crippen MR) is 48.8 cm³/mol. The lowest BCUT2D eigenvalue weighted by atomic mass is 10.2. The number of nitriles is 1. The van der Waals surface area contributed by atoms with E-state index in [-0.39, 0.29) is 12.1 Å². The Bertz CT molecular complexity index is 317. The second-order valence-corrected chi connectivity index (χ2v) is 3.52. The summed E-state index contributed by atoms with van der Waals surface area (Å²) in [7, 11) is 0. The number of rotatable bonds is 1. The summed E-state index contributed by atoms with van der Waals surface area (Å²) in [6.45, 7) is 0.766. The average Bonchev–Trinajstić information content (AvgIpc) is 2.65. The molecule has 4 nitrogen and oxygen atoms in total. The smallest absolute Gasteiger partial charge is 0.225 e. The van der Waals surface area contributed by atoms with Crippen molar-refractivity contribution in [2.45, 2.75) is 31.9 Å². The fourth-order valence-corrected chi connectivity index (χ4v) is 1.88. The van der Waals surface area contributed by atoms with Gasteiger partial charge in [-0.1, -0.05) is 0 Å². The molecule has 2 aliphatic rings. The Hall–Kier alpha value is -1.50. The molecule has 74 valence electrons. The van der Waals surface area contributed by atoms with Gasteiger partial charge < -0.3 is 9.64 Å². The Kier molecular flexibility index (Phi) is 2.40. The van der Waals surface area contributed by atoms with Gasteiger partial charge in [-0.2, -0.15) is 5.26 Å². The van der Waals surface area contributed by atoms with Crippen LogP contribution in [0.2, 0.25) is 0 Å². The molecule has 0 aliphatic carbocycles. The molecular formula is C10H12N2O2. The van der Waals surface area contributed by atoms with E-state index in [9.17, 15) is 4.79 Å². The van der Waals surface area contributed by atoms with Gasteiger partial charge >= 0.3 is 0 Å². The molecule has 0 saturated carbocycles. The van der Waals surface area contributed by atoms with Crippen LogP contribution in [0.3, 0.4) is 0 Å². The zero-order valence-corrected chi connectivity index (χ0v) is 7.90. The Morgan fingerprint density at radius 2 is 2.50 bits per heavy atom.